The van der Waals surface area contributed by atoms with Crippen LogP contribution in [0, 0.1) is 0 Å². The fourth-order valence-corrected chi connectivity index (χ4v) is 2.51. The number of carbonyl (C=O) groups is 1. The fraction of sp³-hybridized carbons (Fsp3) is 0.500. The van der Waals surface area contributed by atoms with E-state index in [4.69, 9.17) is 0 Å². The molecule has 0 atom stereocenters. The minimum Gasteiger partial charge on any atom is -0.355 e. The molecule has 1 aliphatic rings. The molecule has 0 saturated carbocycles. The molecule has 1 saturated heterocycles. The Bertz CT molecular complexity index is 465. The van der Waals surface area contributed by atoms with Crippen molar-refractivity contribution in [2.75, 3.05) is 11.4 Å². The summed E-state index contributed by atoms with van der Waals surface area (Å²) in [6.07, 6.45) is 0. The molecular formula is C14H19BrN2O. The molecule has 1 N–H and O–H groups in total. The lowest BCUT2D eigenvalue weighted by atomic mass is 9.90. The van der Waals surface area contributed by atoms with Gasteiger partial charge in [0.15, 0.2) is 0 Å². The molecule has 0 aromatic heterocycles. The summed E-state index contributed by atoms with van der Waals surface area (Å²) in [7, 11) is 0. The van der Waals surface area contributed by atoms with E-state index in [9.17, 15) is 4.79 Å². The van der Waals surface area contributed by atoms with E-state index >= 15 is 0 Å². The van der Waals surface area contributed by atoms with E-state index in [1.807, 2.05) is 52.0 Å². The number of anilines is 1. The number of benzene rings is 1. The molecule has 1 aromatic rings. The van der Waals surface area contributed by atoms with Crippen LogP contribution in [0.15, 0.2) is 28.7 Å². The maximum absolute atomic E-state index is 12.2. The van der Waals surface area contributed by atoms with Crippen LogP contribution in [0.1, 0.15) is 27.7 Å². The summed E-state index contributed by atoms with van der Waals surface area (Å²) in [6.45, 7) is 8.81. The van der Waals surface area contributed by atoms with Gasteiger partial charge in [-0.2, -0.15) is 0 Å². The summed E-state index contributed by atoms with van der Waals surface area (Å²) in [6, 6.07) is 8.09. The molecule has 4 heteroatoms. The Morgan fingerprint density at radius 1 is 1.17 bits per heavy atom. The van der Waals surface area contributed by atoms with Crippen molar-refractivity contribution in [1.29, 1.82) is 0 Å². The van der Waals surface area contributed by atoms with Crippen molar-refractivity contribution >= 4 is 27.5 Å². The van der Waals surface area contributed by atoms with E-state index < -0.39 is 5.54 Å². The first-order valence-corrected chi connectivity index (χ1v) is 6.87. The Labute approximate surface area is 117 Å². The van der Waals surface area contributed by atoms with E-state index in [2.05, 4.69) is 26.1 Å². The summed E-state index contributed by atoms with van der Waals surface area (Å²) in [5.74, 6) is 0.0710. The fourth-order valence-electron chi connectivity index (χ4n) is 2.25. The summed E-state index contributed by atoms with van der Waals surface area (Å²) in [4.78, 5) is 14.4. The van der Waals surface area contributed by atoms with Crippen LogP contribution in [0.25, 0.3) is 0 Å². The summed E-state index contributed by atoms with van der Waals surface area (Å²) in [5.41, 5.74) is 0.342. The number of nitrogens with one attached hydrogen (secondary N) is 1. The number of hydrogen-bond acceptors (Lipinski definition) is 2. The summed E-state index contributed by atoms with van der Waals surface area (Å²) in [5, 5.41) is 3.07. The first-order valence-electron chi connectivity index (χ1n) is 6.08. The zero-order valence-corrected chi connectivity index (χ0v) is 12.8. The Morgan fingerprint density at radius 2 is 1.72 bits per heavy atom. The highest BCUT2D eigenvalue weighted by atomic mass is 79.9. The Kier molecular flexibility index (Phi) is 3.18. The van der Waals surface area contributed by atoms with Crippen LogP contribution in [-0.2, 0) is 4.79 Å². The third-order valence-corrected chi connectivity index (χ3v) is 3.90. The van der Waals surface area contributed by atoms with Crippen molar-refractivity contribution < 1.29 is 4.79 Å². The highest BCUT2D eigenvalue weighted by Gasteiger charge is 2.44. The number of amides is 1. The molecular weight excluding hydrogens is 292 g/mol. The van der Waals surface area contributed by atoms with Gasteiger partial charge in [0, 0.05) is 16.7 Å². The van der Waals surface area contributed by atoms with Crippen LogP contribution >= 0.6 is 15.9 Å². The molecule has 2 rings (SSSR count). The zero-order valence-electron chi connectivity index (χ0n) is 11.2. The predicted molar refractivity (Wildman–Crippen MR) is 77.8 cm³/mol. The Balaban J connectivity index is 2.40. The molecule has 1 amide bonds. The minimum absolute atomic E-state index is 0.0710. The van der Waals surface area contributed by atoms with Crippen LogP contribution in [-0.4, -0.2) is 23.5 Å². The average Bonchev–Trinajstić information content (AvgIpc) is 2.25. The van der Waals surface area contributed by atoms with Gasteiger partial charge in [0.05, 0.1) is 5.54 Å². The minimum atomic E-state index is -0.524. The maximum atomic E-state index is 12.2. The van der Waals surface area contributed by atoms with E-state index in [0.29, 0.717) is 0 Å². The second-order valence-electron chi connectivity index (χ2n) is 5.96. The van der Waals surface area contributed by atoms with Gasteiger partial charge in [-0.05, 0) is 52.0 Å². The van der Waals surface area contributed by atoms with Gasteiger partial charge in [0.25, 0.3) is 0 Å². The van der Waals surface area contributed by atoms with Crippen LogP contribution in [0.3, 0.4) is 0 Å². The van der Waals surface area contributed by atoms with Gasteiger partial charge < -0.3 is 10.2 Å². The smallest absolute Gasteiger partial charge is 0.245 e. The monoisotopic (exact) mass is 310 g/mol. The van der Waals surface area contributed by atoms with Gasteiger partial charge in [-0.1, -0.05) is 15.9 Å². The van der Waals surface area contributed by atoms with Crippen LogP contribution < -0.4 is 10.2 Å². The topological polar surface area (TPSA) is 32.3 Å². The number of halogens is 1. The van der Waals surface area contributed by atoms with Crippen molar-refractivity contribution in [1.82, 2.24) is 5.32 Å². The van der Waals surface area contributed by atoms with Gasteiger partial charge in [0.1, 0.15) is 5.54 Å². The molecule has 0 bridgehead atoms. The van der Waals surface area contributed by atoms with Crippen molar-refractivity contribution in [2.24, 2.45) is 0 Å². The molecule has 18 heavy (non-hydrogen) atoms. The first-order chi connectivity index (χ1) is 8.22. The maximum Gasteiger partial charge on any atom is 0.245 e. The van der Waals surface area contributed by atoms with Gasteiger partial charge in [-0.3, -0.25) is 4.79 Å². The van der Waals surface area contributed by atoms with Crippen molar-refractivity contribution in [3.63, 3.8) is 0 Å². The molecule has 1 aromatic carbocycles. The summed E-state index contributed by atoms with van der Waals surface area (Å²) < 4.78 is 1.05. The lowest BCUT2D eigenvalue weighted by Gasteiger charge is -2.49. The molecule has 0 spiro atoms. The average molecular weight is 311 g/mol. The van der Waals surface area contributed by atoms with E-state index in [1.165, 1.54) is 0 Å². The van der Waals surface area contributed by atoms with Gasteiger partial charge in [-0.25, -0.2) is 0 Å². The second-order valence-corrected chi connectivity index (χ2v) is 6.88. The Hall–Kier alpha value is -1.03. The number of carbonyl (C=O) groups excluding carboxylic acids is 1. The van der Waals surface area contributed by atoms with E-state index in [-0.39, 0.29) is 11.4 Å². The quantitative estimate of drug-likeness (QED) is 0.865. The third kappa shape index (κ3) is 2.39. The predicted octanol–water partition coefficient (Wildman–Crippen LogP) is 2.94. The van der Waals surface area contributed by atoms with Crippen molar-refractivity contribution in [2.45, 2.75) is 38.8 Å². The van der Waals surface area contributed by atoms with Gasteiger partial charge in [0.2, 0.25) is 5.91 Å². The van der Waals surface area contributed by atoms with Gasteiger partial charge >= 0.3 is 0 Å². The molecule has 0 unspecified atom stereocenters. The van der Waals surface area contributed by atoms with Gasteiger partial charge in [-0.15, -0.1) is 0 Å². The standard InChI is InChI=1S/C14H19BrN2O/c1-13(2)9-17(14(3,4)12(18)16-13)11-7-5-10(15)6-8-11/h5-8H,9H2,1-4H3,(H,16,18). The van der Waals surface area contributed by atoms with Crippen LogP contribution in [0.2, 0.25) is 0 Å². The Morgan fingerprint density at radius 3 is 2.28 bits per heavy atom. The van der Waals surface area contributed by atoms with Crippen LogP contribution in [0.4, 0.5) is 5.69 Å². The van der Waals surface area contributed by atoms with Crippen molar-refractivity contribution in [3.05, 3.63) is 28.7 Å². The lowest BCUT2D eigenvalue weighted by molar-refractivity contribution is -0.128. The van der Waals surface area contributed by atoms with E-state index in [1.54, 1.807) is 0 Å². The third-order valence-electron chi connectivity index (χ3n) is 3.37. The first kappa shape index (κ1) is 13.4. The second kappa shape index (κ2) is 4.26. The SMILES string of the molecule is CC1(C)CN(c2ccc(Br)cc2)C(C)(C)C(=O)N1. The number of rotatable bonds is 1. The molecule has 98 valence electrons. The molecule has 1 fully saturated rings. The molecule has 1 aliphatic heterocycles. The highest BCUT2D eigenvalue weighted by Crippen LogP contribution is 2.31. The van der Waals surface area contributed by atoms with Crippen molar-refractivity contribution in [3.8, 4) is 0 Å². The molecule has 3 nitrogen and oxygen atoms in total. The zero-order chi connectivity index (χ0) is 13.6. The number of piperazine rings is 1. The van der Waals surface area contributed by atoms with Crippen LogP contribution in [0.5, 0.6) is 0 Å². The number of hydrogen-bond donors (Lipinski definition) is 1. The van der Waals surface area contributed by atoms with E-state index in [0.717, 1.165) is 16.7 Å². The highest BCUT2D eigenvalue weighted by molar-refractivity contribution is 9.10. The summed E-state index contributed by atoms with van der Waals surface area (Å²) >= 11 is 3.43. The normalized spacial score (nSPS) is 21.6. The lowest BCUT2D eigenvalue weighted by Crippen LogP contribution is -2.69. The number of nitrogens with zero attached hydrogens (tertiary/aromatic N) is 1. The molecule has 0 aliphatic carbocycles. The molecule has 0 radical (unpaired) electrons. The molecule has 1 heterocycles. The largest absolute Gasteiger partial charge is 0.355 e.